The van der Waals surface area contributed by atoms with E-state index in [0.29, 0.717) is 0 Å². The molecule has 8 aromatic carbocycles. The maximum absolute atomic E-state index is 2.46. The molecule has 3 heteroatoms. The number of anilines is 3. The molecule has 0 atom stereocenters. The Hall–Kier alpha value is -6.00. The van der Waals surface area contributed by atoms with E-state index in [9.17, 15) is 0 Å². The van der Waals surface area contributed by atoms with Gasteiger partial charge in [0.25, 0.3) is 0 Å². The van der Waals surface area contributed by atoms with Crippen LogP contribution in [0.2, 0.25) is 0 Å². The predicted octanol–water partition coefficient (Wildman–Crippen LogP) is 14.9. The van der Waals surface area contributed by atoms with Crippen molar-refractivity contribution in [3.8, 4) is 33.4 Å². The highest BCUT2D eigenvalue weighted by Gasteiger charge is 2.21. The van der Waals surface area contributed by atoms with Gasteiger partial charge in [0.05, 0.1) is 10.4 Å². The average molecular weight is 686 g/mol. The molecule has 10 aromatic rings. The average Bonchev–Trinajstić information content (AvgIpc) is 3.78. The molecule has 0 N–H and O–H groups in total. The molecular weight excluding hydrogens is 655 g/mol. The van der Waals surface area contributed by atoms with Crippen LogP contribution in [0.5, 0.6) is 0 Å². The van der Waals surface area contributed by atoms with Crippen molar-refractivity contribution in [1.82, 2.24) is 0 Å². The molecule has 2 aromatic heterocycles. The van der Waals surface area contributed by atoms with Gasteiger partial charge in [0.2, 0.25) is 0 Å². The Bertz CT molecular complexity index is 2850. The molecule has 10 rings (SSSR count). The highest BCUT2D eigenvalue weighted by atomic mass is 32.1. The van der Waals surface area contributed by atoms with E-state index in [0.717, 1.165) is 11.4 Å². The third-order valence-electron chi connectivity index (χ3n) is 9.88. The summed E-state index contributed by atoms with van der Waals surface area (Å²) in [5, 5.41) is 5.20. The van der Waals surface area contributed by atoms with E-state index in [2.05, 4.69) is 193 Å². The van der Waals surface area contributed by atoms with E-state index in [1.54, 1.807) is 0 Å². The number of benzene rings is 8. The van der Waals surface area contributed by atoms with Gasteiger partial charge in [-0.2, -0.15) is 0 Å². The fraction of sp³-hybridized carbons (Fsp3) is 0. The summed E-state index contributed by atoms with van der Waals surface area (Å²) in [5.41, 5.74) is 10.8. The molecule has 51 heavy (non-hydrogen) atoms. The summed E-state index contributed by atoms with van der Waals surface area (Å²) >= 11 is 3.74. The van der Waals surface area contributed by atoms with Crippen molar-refractivity contribution < 1.29 is 0 Å². The Labute approximate surface area is 304 Å². The molecule has 0 unspecified atom stereocenters. The standard InChI is InChI=1S/C48H31NS2/c1-3-12-32(13-4-1)35-16-11-17-36(30-35)33-22-24-37(25-23-33)49(38-26-29-46-42(31-38)40-18-7-9-20-44(40)50-46)43-28-27-39(34-14-5-2-6-15-34)47-41-19-8-10-21-45(41)51-48(43)47/h1-31H. The first-order valence-corrected chi connectivity index (χ1v) is 18.9. The lowest BCUT2D eigenvalue weighted by Gasteiger charge is -2.27. The highest BCUT2D eigenvalue weighted by molar-refractivity contribution is 7.26. The van der Waals surface area contributed by atoms with Crippen molar-refractivity contribution >= 4 is 80.1 Å². The van der Waals surface area contributed by atoms with Crippen LogP contribution in [0.25, 0.3) is 73.7 Å². The Morgan fingerprint density at radius 1 is 0.333 bits per heavy atom. The summed E-state index contributed by atoms with van der Waals surface area (Å²) in [7, 11) is 0. The van der Waals surface area contributed by atoms with Crippen LogP contribution in [0, 0.1) is 0 Å². The lowest BCUT2D eigenvalue weighted by molar-refractivity contribution is 1.31. The van der Waals surface area contributed by atoms with Crippen molar-refractivity contribution in [1.29, 1.82) is 0 Å². The molecule has 2 heterocycles. The number of hydrogen-bond acceptors (Lipinski definition) is 3. The van der Waals surface area contributed by atoms with Gasteiger partial charge in [-0.1, -0.05) is 133 Å². The largest absolute Gasteiger partial charge is 0.309 e. The minimum Gasteiger partial charge on any atom is -0.309 e. The minimum absolute atomic E-state index is 1.13. The molecule has 0 radical (unpaired) electrons. The quantitative estimate of drug-likeness (QED) is 0.168. The zero-order valence-corrected chi connectivity index (χ0v) is 29.3. The third kappa shape index (κ3) is 5.21. The second-order valence-corrected chi connectivity index (χ2v) is 15.0. The van der Waals surface area contributed by atoms with Gasteiger partial charge in [-0.15, -0.1) is 22.7 Å². The van der Waals surface area contributed by atoms with Gasteiger partial charge in [-0.25, -0.2) is 0 Å². The summed E-state index contributed by atoms with van der Waals surface area (Å²) in [6.45, 7) is 0. The van der Waals surface area contributed by atoms with Gasteiger partial charge >= 0.3 is 0 Å². The SMILES string of the molecule is c1ccc(-c2cccc(-c3ccc(N(c4ccc5sc6ccccc6c5c4)c4ccc(-c5ccccc5)c5c4sc4ccccc45)cc3)c2)cc1. The summed E-state index contributed by atoms with van der Waals surface area (Å²) in [6, 6.07) is 68.6. The van der Waals surface area contributed by atoms with Crippen molar-refractivity contribution in [2.45, 2.75) is 0 Å². The first-order chi connectivity index (χ1) is 25.3. The zero-order valence-electron chi connectivity index (χ0n) is 27.7. The summed E-state index contributed by atoms with van der Waals surface area (Å²) in [5.74, 6) is 0. The van der Waals surface area contributed by atoms with Crippen LogP contribution in [-0.2, 0) is 0 Å². The van der Waals surface area contributed by atoms with Crippen molar-refractivity contribution in [3.63, 3.8) is 0 Å². The predicted molar refractivity (Wildman–Crippen MR) is 223 cm³/mol. The maximum Gasteiger partial charge on any atom is 0.0640 e. The Morgan fingerprint density at radius 2 is 0.902 bits per heavy atom. The lowest BCUT2D eigenvalue weighted by Crippen LogP contribution is -2.10. The van der Waals surface area contributed by atoms with E-state index >= 15 is 0 Å². The molecule has 0 saturated carbocycles. The minimum atomic E-state index is 1.13. The van der Waals surface area contributed by atoms with Crippen LogP contribution in [0.1, 0.15) is 0 Å². The number of fused-ring (bicyclic) bond motifs is 6. The van der Waals surface area contributed by atoms with E-state index in [4.69, 9.17) is 0 Å². The molecule has 0 aliphatic heterocycles. The summed E-state index contributed by atoms with van der Waals surface area (Å²) in [4.78, 5) is 2.46. The highest BCUT2D eigenvalue weighted by Crippen LogP contribution is 2.49. The van der Waals surface area contributed by atoms with Crippen molar-refractivity contribution in [3.05, 3.63) is 188 Å². The van der Waals surface area contributed by atoms with Gasteiger partial charge < -0.3 is 4.90 Å². The van der Waals surface area contributed by atoms with E-state index in [-0.39, 0.29) is 0 Å². The van der Waals surface area contributed by atoms with Crippen LogP contribution in [-0.4, -0.2) is 0 Å². The Morgan fingerprint density at radius 3 is 1.65 bits per heavy atom. The van der Waals surface area contributed by atoms with Crippen molar-refractivity contribution in [2.75, 3.05) is 4.90 Å². The molecule has 0 amide bonds. The monoisotopic (exact) mass is 685 g/mol. The number of hydrogen-bond donors (Lipinski definition) is 0. The van der Waals surface area contributed by atoms with Crippen LogP contribution in [0.3, 0.4) is 0 Å². The van der Waals surface area contributed by atoms with Crippen LogP contribution < -0.4 is 4.90 Å². The molecule has 0 saturated heterocycles. The number of rotatable bonds is 6. The second-order valence-electron chi connectivity index (χ2n) is 12.9. The number of thiophene rings is 2. The van der Waals surface area contributed by atoms with Gasteiger partial charge in [0, 0.05) is 47.0 Å². The first kappa shape index (κ1) is 29.9. The fourth-order valence-corrected chi connectivity index (χ4v) is 9.76. The van der Waals surface area contributed by atoms with Crippen LogP contribution in [0.4, 0.5) is 17.1 Å². The Balaban J connectivity index is 1.18. The molecular formula is C48H31NS2. The van der Waals surface area contributed by atoms with E-state index in [1.807, 2.05) is 22.7 Å². The van der Waals surface area contributed by atoms with E-state index < -0.39 is 0 Å². The topological polar surface area (TPSA) is 3.24 Å². The van der Waals surface area contributed by atoms with Crippen LogP contribution in [0.15, 0.2) is 188 Å². The van der Waals surface area contributed by atoms with Gasteiger partial charge in [0.15, 0.2) is 0 Å². The van der Waals surface area contributed by atoms with E-state index in [1.165, 1.54) is 79.4 Å². The molecule has 0 spiro atoms. The van der Waals surface area contributed by atoms with Crippen LogP contribution >= 0.6 is 22.7 Å². The third-order valence-corrected chi connectivity index (χ3v) is 12.2. The second kappa shape index (κ2) is 12.4. The molecule has 240 valence electrons. The maximum atomic E-state index is 2.46. The molecule has 0 fully saturated rings. The fourth-order valence-electron chi connectivity index (χ4n) is 7.44. The molecule has 0 bridgehead atoms. The molecule has 1 nitrogen and oxygen atoms in total. The van der Waals surface area contributed by atoms with Crippen molar-refractivity contribution in [2.24, 2.45) is 0 Å². The molecule has 0 aliphatic carbocycles. The number of nitrogens with zero attached hydrogens (tertiary/aromatic N) is 1. The molecule has 0 aliphatic rings. The normalized spacial score (nSPS) is 11.5. The first-order valence-electron chi connectivity index (χ1n) is 17.3. The summed E-state index contributed by atoms with van der Waals surface area (Å²) < 4.78 is 5.20. The lowest BCUT2D eigenvalue weighted by atomic mass is 9.97. The Kier molecular flexibility index (Phi) is 7.26. The summed E-state index contributed by atoms with van der Waals surface area (Å²) in [6.07, 6.45) is 0. The smallest absolute Gasteiger partial charge is 0.0640 e. The van der Waals surface area contributed by atoms with Gasteiger partial charge in [0.1, 0.15) is 0 Å². The van der Waals surface area contributed by atoms with Gasteiger partial charge in [-0.05, 0) is 88.0 Å². The van der Waals surface area contributed by atoms with Gasteiger partial charge in [-0.3, -0.25) is 0 Å². The zero-order chi connectivity index (χ0) is 33.7.